The Balaban J connectivity index is 1.49. The molecule has 15 heteroatoms. The Morgan fingerprint density at radius 3 is 1.77 bits per heavy atom. The van der Waals surface area contributed by atoms with Crippen LogP contribution in [0.5, 0.6) is 23.0 Å². The zero-order valence-electron chi connectivity index (χ0n) is 28.2. The summed E-state index contributed by atoms with van der Waals surface area (Å²) >= 11 is 0. The number of carbonyl (C=O) groups excluding carboxylic acids is 4. The lowest BCUT2D eigenvalue weighted by molar-refractivity contribution is 0.00649. The summed E-state index contributed by atoms with van der Waals surface area (Å²) in [6, 6.07) is 11.4. The molecule has 2 aliphatic rings. The topological polar surface area (TPSA) is 124 Å². The molecule has 10 nitrogen and oxygen atoms in total. The third kappa shape index (κ3) is 6.26. The van der Waals surface area contributed by atoms with Gasteiger partial charge in [0.1, 0.15) is 28.5 Å². The minimum atomic E-state index is -2.45. The van der Waals surface area contributed by atoms with E-state index in [0.29, 0.717) is 0 Å². The van der Waals surface area contributed by atoms with Crippen LogP contribution in [0.4, 0.5) is 26.7 Å². The third-order valence-corrected chi connectivity index (χ3v) is 7.60. The largest absolute Gasteiger partial charge is 0.514 e. The summed E-state index contributed by atoms with van der Waals surface area (Å²) in [6.07, 6.45) is -1.04. The van der Waals surface area contributed by atoms with Crippen LogP contribution in [0.15, 0.2) is 54.6 Å². The van der Waals surface area contributed by atoms with E-state index >= 15 is 0 Å². The first-order valence-electron chi connectivity index (χ1n) is 15.4. The van der Waals surface area contributed by atoms with Crippen LogP contribution in [0, 0.1) is 29.1 Å². The Morgan fingerprint density at radius 1 is 0.615 bits per heavy atom. The summed E-state index contributed by atoms with van der Waals surface area (Å²) in [5.74, 6) is -17.0. The summed E-state index contributed by atoms with van der Waals surface area (Å²) in [5, 5.41) is 0. The lowest BCUT2D eigenvalue weighted by Gasteiger charge is -2.36. The Hall–Kier alpha value is -5.99. The molecular weight excluding hydrogens is 699 g/mol. The minimum absolute atomic E-state index is 0.0269. The molecule has 0 saturated carbocycles. The van der Waals surface area contributed by atoms with Crippen LogP contribution in [0.1, 0.15) is 89.3 Å². The van der Waals surface area contributed by atoms with Crippen molar-refractivity contribution in [2.45, 2.75) is 58.3 Å². The van der Waals surface area contributed by atoms with Gasteiger partial charge >= 0.3 is 24.1 Å². The number of esters is 3. The second-order valence-corrected chi connectivity index (χ2v) is 13.7. The van der Waals surface area contributed by atoms with E-state index in [1.807, 2.05) is 0 Å². The Bertz CT molecular complexity index is 2190. The minimum Gasteiger partial charge on any atom is -0.456 e. The van der Waals surface area contributed by atoms with Crippen molar-refractivity contribution >= 4 is 24.1 Å². The number of ether oxygens (including phenoxy) is 6. The zero-order valence-corrected chi connectivity index (χ0v) is 28.2. The summed E-state index contributed by atoms with van der Waals surface area (Å²) < 4.78 is 103. The number of carbonyl (C=O) groups is 4. The summed E-state index contributed by atoms with van der Waals surface area (Å²) in [4.78, 5) is 52.1. The molecule has 2 heterocycles. The number of benzene rings is 4. The van der Waals surface area contributed by atoms with Crippen LogP contribution >= 0.6 is 0 Å². The molecule has 52 heavy (non-hydrogen) atoms. The van der Waals surface area contributed by atoms with Crippen molar-refractivity contribution in [3.8, 4) is 23.0 Å². The molecule has 0 amide bonds. The van der Waals surface area contributed by atoms with Crippen molar-refractivity contribution in [1.82, 2.24) is 0 Å². The van der Waals surface area contributed by atoms with E-state index in [9.17, 15) is 41.1 Å². The Labute approximate surface area is 291 Å². The van der Waals surface area contributed by atoms with Gasteiger partial charge in [0, 0.05) is 22.8 Å². The van der Waals surface area contributed by atoms with Crippen LogP contribution < -0.4 is 14.2 Å². The van der Waals surface area contributed by atoms with Crippen molar-refractivity contribution in [3.63, 3.8) is 0 Å². The highest BCUT2D eigenvalue weighted by molar-refractivity contribution is 6.00. The fraction of sp³-hybridized carbons (Fsp3) is 0.243. The molecule has 2 aliphatic heterocycles. The smallest absolute Gasteiger partial charge is 0.456 e. The molecule has 0 aromatic heterocycles. The van der Waals surface area contributed by atoms with Gasteiger partial charge in [0.15, 0.2) is 5.60 Å². The number of fused-ring (bicyclic) bond motifs is 6. The fourth-order valence-electron chi connectivity index (χ4n) is 5.55. The van der Waals surface area contributed by atoms with Gasteiger partial charge < -0.3 is 28.4 Å². The molecule has 0 saturated heterocycles. The molecule has 0 aliphatic carbocycles. The molecule has 1 spiro atoms. The highest BCUT2D eigenvalue weighted by Crippen LogP contribution is 2.57. The van der Waals surface area contributed by atoms with Crippen LogP contribution in [0.3, 0.4) is 0 Å². The van der Waals surface area contributed by atoms with Crippen molar-refractivity contribution in [1.29, 1.82) is 0 Å². The zero-order chi connectivity index (χ0) is 38.1. The number of hydrogen-bond donors (Lipinski definition) is 0. The van der Waals surface area contributed by atoms with Crippen LogP contribution in [0.2, 0.25) is 0 Å². The molecule has 4 aromatic rings. The maximum Gasteiger partial charge on any atom is 0.514 e. The first-order chi connectivity index (χ1) is 24.2. The second kappa shape index (κ2) is 12.4. The van der Waals surface area contributed by atoms with E-state index in [2.05, 4.69) is 4.74 Å². The highest BCUT2D eigenvalue weighted by Gasteiger charge is 2.54. The van der Waals surface area contributed by atoms with E-state index in [4.69, 9.17) is 23.7 Å². The van der Waals surface area contributed by atoms with Crippen LogP contribution in [-0.4, -0.2) is 35.3 Å². The van der Waals surface area contributed by atoms with Crippen molar-refractivity contribution < 1.29 is 69.6 Å². The molecule has 4 aromatic carbocycles. The monoisotopic (exact) mass is 726 g/mol. The molecular formula is C37H27F5O10. The maximum atomic E-state index is 14.4. The summed E-state index contributed by atoms with van der Waals surface area (Å²) in [7, 11) is 0. The van der Waals surface area contributed by atoms with Gasteiger partial charge in [-0.15, -0.1) is 0 Å². The first kappa shape index (κ1) is 35.8. The molecule has 1 unspecified atom stereocenters. The van der Waals surface area contributed by atoms with Crippen LogP contribution in [0.25, 0.3) is 0 Å². The Kier molecular flexibility index (Phi) is 8.51. The summed E-state index contributed by atoms with van der Waals surface area (Å²) in [5.41, 5.74) is -3.96. The van der Waals surface area contributed by atoms with Gasteiger partial charge in [-0.05, 0) is 90.1 Å². The molecule has 270 valence electrons. The van der Waals surface area contributed by atoms with E-state index in [1.165, 1.54) is 36.4 Å². The highest BCUT2D eigenvalue weighted by atomic mass is 19.2. The number of rotatable bonds is 4. The fourth-order valence-corrected chi connectivity index (χ4v) is 5.55. The standard InChI is InChI=1S/C37H27F5O10/c1-35(2,3)50-32(44)17-8-11-20-23(14-17)48-24-15-18(47-34(46)52-36(4,5)6)9-12-21(24)37(20)22-13-16(7-10-19(22)33(45)51-37)31(43)49-30-28(41)26(39)25(38)27(40)29(30)42/h7-15H,1-6H3. The molecule has 0 bridgehead atoms. The first-order valence-corrected chi connectivity index (χ1v) is 15.4. The van der Waals surface area contributed by atoms with Gasteiger partial charge in [0.25, 0.3) is 0 Å². The van der Waals surface area contributed by atoms with Gasteiger partial charge in [-0.2, -0.15) is 8.78 Å². The van der Waals surface area contributed by atoms with E-state index in [0.717, 1.165) is 18.2 Å². The SMILES string of the molecule is CC(C)(C)OC(=O)Oc1ccc2c(c1)Oc1cc(C(=O)OC(C)(C)C)ccc1C21OC(=O)c2ccc(C(=O)Oc3c(F)c(F)c(F)c(F)c3F)cc21. The van der Waals surface area contributed by atoms with E-state index in [1.54, 1.807) is 41.5 Å². The van der Waals surface area contributed by atoms with E-state index in [-0.39, 0.29) is 45.1 Å². The van der Waals surface area contributed by atoms with Gasteiger partial charge in [-0.25, -0.2) is 32.3 Å². The van der Waals surface area contributed by atoms with Gasteiger partial charge in [0.05, 0.1) is 16.7 Å². The third-order valence-electron chi connectivity index (χ3n) is 7.60. The number of halogens is 5. The molecule has 0 N–H and O–H groups in total. The molecule has 0 radical (unpaired) electrons. The number of hydrogen-bond acceptors (Lipinski definition) is 10. The average molecular weight is 727 g/mol. The predicted molar refractivity (Wildman–Crippen MR) is 168 cm³/mol. The van der Waals surface area contributed by atoms with Gasteiger partial charge in [-0.3, -0.25) is 0 Å². The Morgan fingerprint density at radius 2 is 1.15 bits per heavy atom. The molecule has 1 atom stereocenters. The quantitative estimate of drug-likeness (QED) is 0.0385. The van der Waals surface area contributed by atoms with Crippen molar-refractivity contribution in [3.05, 3.63) is 117 Å². The molecule has 0 fully saturated rings. The van der Waals surface area contributed by atoms with Gasteiger partial charge in [0.2, 0.25) is 34.8 Å². The van der Waals surface area contributed by atoms with Crippen molar-refractivity contribution in [2.75, 3.05) is 0 Å². The maximum absolute atomic E-state index is 14.4. The normalized spacial score (nSPS) is 15.9. The molecule has 6 rings (SSSR count). The lowest BCUT2D eigenvalue weighted by atomic mass is 9.77. The average Bonchev–Trinajstić information content (AvgIpc) is 3.34. The lowest BCUT2D eigenvalue weighted by Crippen LogP contribution is -2.33. The van der Waals surface area contributed by atoms with Crippen LogP contribution in [-0.2, 0) is 19.8 Å². The summed E-state index contributed by atoms with van der Waals surface area (Å²) in [6.45, 7) is 9.90. The van der Waals surface area contributed by atoms with E-state index < -0.39 is 81.3 Å². The second-order valence-electron chi connectivity index (χ2n) is 13.7. The van der Waals surface area contributed by atoms with Gasteiger partial charge in [-0.1, -0.05) is 0 Å². The van der Waals surface area contributed by atoms with Crippen molar-refractivity contribution in [2.24, 2.45) is 0 Å². The predicted octanol–water partition coefficient (Wildman–Crippen LogP) is 8.44.